The van der Waals surface area contributed by atoms with Crippen molar-refractivity contribution >= 4 is 16.6 Å². The van der Waals surface area contributed by atoms with Crippen LogP contribution in [0.25, 0.3) is 0 Å². The Bertz CT molecular complexity index is 127. The van der Waals surface area contributed by atoms with Crippen LogP contribution in [0.3, 0.4) is 0 Å². The van der Waals surface area contributed by atoms with E-state index in [1.165, 1.54) is 0 Å². The van der Waals surface area contributed by atoms with Gasteiger partial charge in [-0.15, -0.1) is 0 Å². The minimum atomic E-state index is -1.95. The number of hydrogen-bond donors (Lipinski definition) is 3. The van der Waals surface area contributed by atoms with E-state index >= 15 is 0 Å². The van der Waals surface area contributed by atoms with Gasteiger partial charge in [-0.05, 0) is 10.7 Å². The van der Waals surface area contributed by atoms with E-state index < -0.39 is 10.7 Å². The van der Waals surface area contributed by atoms with E-state index in [4.69, 9.17) is 4.55 Å². The molecule has 1 fully saturated rings. The lowest BCUT2D eigenvalue weighted by atomic mass is 10.7. The van der Waals surface area contributed by atoms with Gasteiger partial charge >= 0.3 is 0 Å². The first-order valence-electron chi connectivity index (χ1n) is 3.16. The molecule has 10 heavy (non-hydrogen) atoms. The lowest BCUT2D eigenvalue weighted by Crippen LogP contribution is -2.19. The van der Waals surface area contributed by atoms with Crippen LogP contribution in [0.4, 0.5) is 0 Å². The lowest BCUT2D eigenvalue weighted by Gasteiger charge is -2.21. The summed E-state index contributed by atoms with van der Waals surface area (Å²) in [7, 11) is -1.95. The number of amides is 1. The zero-order chi connectivity index (χ0) is 8.20. The van der Waals surface area contributed by atoms with Crippen LogP contribution in [0, 0.1) is 0 Å². The monoisotopic (exact) mass is 166 g/mol. The molecule has 1 heterocycles. The smallest absolute Gasteiger partial charge is 0.245 e. The van der Waals surface area contributed by atoms with Gasteiger partial charge in [-0.1, -0.05) is 13.8 Å². The molecule has 1 rings (SSSR count). The van der Waals surface area contributed by atoms with Crippen LogP contribution in [0.1, 0.15) is 13.8 Å². The molecule has 3 N–H and O–H groups in total. The minimum Gasteiger partial charge on any atom is -0.321 e. The summed E-state index contributed by atoms with van der Waals surface area (Å²) < 4.78 is 14.0. The van der Waals surface area contributed by atoms with E-state index in [1.54, 1.807) is 6.26 Å². The highest BCUT2D eigenvalue weighted by Gasteiger charge is 2.23. The molecule has 0 bridgehead atoms. The summed E-state index contributed by atoms with van der Waals surface area (Å²) in [5.74, 6) is -0.134. The first-order chi connectivity index (χ1) is 4.60. The molecule has 5 heteroatoms. The molecule has 0 saturated carbocycles. The van der Waals surface area contributed by atoms with Crippen molar-refractivity contribution in [3.05, 3.63) is 0 Å². The van der Waals surface area contributed by atoms with Crippen molar-refractivity contribution < 1.29 is 9.35 Å². The Hall–Kier alpha value is -0.260. The third-order valence-electron chi connectivity index (χ3n) is 0.826. The van der Waals surface area contributed by atoms with Gasteiger partial charge in [0.15, 0.2) is 0 Å². The highest BCUT2D eigenvalue weighted by atomic mass is 32.3. The van der Waals surface area contributed by atoms with Gasteiger partial charge < -0.3 is 4.55 Å². The van der Waals surface area contributed by atoms with E-state index in [-0.39, 0.29) is 12.5 Å². The fourth-order valence-electron chi connectivity index (χ4n) is 0.500. The quantitative estimate of drug-likeness (QED) is 0.490. The fourth-order valence-corrected chi connectivity index (χ4v) is 1.50. The van der Waals surface area contributed by atoms with Gasteiger partial charge in [-0.25, -0.2) is 4.72 Å². The van der Waals surface area contributed by atoms with Gasteiger partial charge in [0.2, 0.25) is 5.91 Å². The van der Waals surface area contributed by atoms with Gasteiger partial charge in [-0.2, -0.15) is 0 Å². The molecule has 62 valence electrons. The lowest BCUT2D eigenvalue weighted by molar-refractivity contribution is -0.117. The van der Waals surface area contributed by atoms with E-state index in [2.05, 4.69) is 9.44 Å². The molecule has 0 aliphatic carbocycles. The standard InChI is InChI=1S/C3H8N2O2S.C2H6/c1-8(7)4-2-3(6)5-8;1-2/h4,7H,2H2,1H3,(H,5,6);1-2H3. The Labute approximate surface area is 62.8 Å². The minimum absolute atomic E-state index is 0.134. The van der Waals surface area contributed by atoms with Crippen LogP contribution in [0.5, 0.6) is 0 Å². The van der Waals surface area contributed by atoms with Crippen molar-refractivity contribution in [1.29, 1.82) is 0 Å². The summed E-state index contributed by atoms with van der Waals surface area (Å²) in [5.41, 5.74) is 0. The second-order valence-electron chi connectivity index (χ2n) is 1.72. The second kappa shape index (κ2) is 3.80. The Morgan fingerprint density at radius 2 is 2.10 bits per heavy atom. The summed E-state index contributed by atoms with van der Waals surface area (Å²) in [6.07, 6.45) is 1.57. The first-order valence-corrected chi connectivity index (χ1v) is 5.16. The summed E-state index contributed by atoms with van der Waals surface area (Å²) in [5, 5.41) is 0. The third kappa shape index (κ3) is 3.05. The molecule has 0 radical (unpaired) electrons. The summed E-state index contributed by atoms with van der Waals surface area (Å²) in [4.78, 5) is 10.3. The summed E-state index contributed by atoms with van der Waals surface area (Å²) in [6.45, 7) is 4.24. The van der Waals surface area contributed by atoms with E-state index in [1.807, 2.05) is 13.8 Å². The van der Waals surface area contributed by atoms with Crippen LogP contribution in [-0.4, -0.2) is 23.3 Å². The van der Waals surface area contributed by atoms with E-state index in [9.17, 15) is 4.79 Å². The summed E-state index contributed by atoms with van der Waals surface area (Å²) >= 11 is 0. The zero-order valence-electron chi connectivity index (χ0n) is 6.47. The van der Waals surface area contributed by atoms with Crippen LogP contribution < -0.4 is 9.44 Å². The van der Waals surface area contributed by atoms with Crippen molar-refractivity contribution in [2.24, 2.45) is 0 Å². The van der Waals surface area contributed by atoms with Gasteiger partial charge in [-0.3, -0.25) is 9.52 Å². The molecular weight excluding hydrogens is 152 g/mol. The van der Waals surface area contributed by atoms with Crippen LogP contribution in [0.2, 0.25) is 0 Å². The molecule has 0 aromatic heterocycles. The van der Waals surface area contributed by atoms with Crippen LogP contribution in [-0.2, 0) is 4.79 Å². The van der Waals surface area contributed by atoms with Crippen molar-refractivity contribution in [3.63, 3.8) is 0 Å². The zero-order valence-corrected chi connectivity index (χ0v) is 7.29. The maximum Gasteiger partial charge on any atom is 0.245 e. The predicted molar refractivity (Wildman–Crippen MR) is 43.6 cm³/mol. The molecule has 4 nitrogen and oxygen atoms in total. The molecule has 0 aromatic rings. The SMILES string of the molecule is CC.CS1(O)NCC(=O)N1. The third-order valence-corrected chi connectivity index (χ3v) is 2.16. The molecule has 1 aliphatic heterocycles. The molecule has 1 atom stereocenters. The predicted octanol–water partition coefficient (Wildman–Crippen LogP) is 0.469. The van der Waals surface area contributed by atoms with Crippen molar-refractivity contribution in [2.45, 2.75) is 13.8 Å². The average Bonchev–Trinajstić information content (AvgIpc) is 2.15. The van der Waals surface area contributed by atoms with Crippen molar-refractivity contribution in [2.75, 3.05) is 12.8 Å². The number of carbonyl (C=O) groups is 1. The van der Waals surface area contributed by atoms with Gasteiger partial charge in [0.05, 0.1) is 6.54 Å². The number of nitrogens with one attached hydrogen (secondary N) is 2. The van der Waals surface area contributed by atoms with Gasteiger partial charge in [0.1, 0.15) is 0 Å². The Morgan fingerprint density at radius 3 is 2.20 bits per heavy atom. The maximum absolute atomic E-state index is 10.3. The Balaban J connectivity index is 0.000000371. The highest BCUT2D eigenvalue weighted by Crippen LogP contribution is 2.30. The van der Waals surface area contributed by atoms with Crippen LogP contribution >= 0.6 is 10.7 Å². The Kier molecular flexibility index (Phi) is 3.70. The number of hydrogen-bond acceptors (Lipinski definition) is 3. The fraction of sp³-hybridized carbons (Fsp3) is 0.800. The van der Waals surface area contributed by atoms with E-state index in [0.717, 1.165) is 0 Å². The molecule has 1 amide bonds. The highest BCUT2D eigenvalue weighted by molar-refractivity contribution is 8.26. The normalized spacial score (nSPS) is 37.0. The topological polar surface area (TPSA) is 61.4 Å². The summed E-state index contributed by atoms with van der Waals surface area (Å²) in [6, 6.07) is 0. The molecular formula is C5H14N2O2S. The Morgan fingerprint density at radius 1 is 1.60 bits per heavy atom. The second-order valence-corrected chi connectivity index (χ2v) is 3.97. The van der Waals surface area contributed by atoms with Gasteiger partial charge in [0.25, 0.3) is 0 Å². The van der Waals surface area contributed by atoms with E-state index in [0.29, 0.717) is 0 Å². The largest absolute Gasteiger partial charge is 0.321 e. The molecule has 1 aliphatic rings. The first kappa shape index (κ1) is 9.74. The van der Waals surface area contributed by atoms with Gasteiger partial charge in [0, 0.05) is 6.26 Å². The molecule has 1 saturated heterocycles. The van der Waals surface area contributed by atoms with Crippen molar-refractivity contribution in [3.8, 4) is 0 Å². The number of carbonyl (C=O) groups excluding carboxylic acids is 1. The molecule has 0 spiro atoms. The van der Waals surface area contributed by atoms with Crippen LogP contribution in [0.15, 0.2) is 0 Å². The number of rotatable bonds is 0. The average molecular weight is 166 g/mol. The van der Waals surface area contributed by atoms with Crippen molar-refractivity contribution in [1.82, 2.24) is 9.44 Å². The molecule has 1 unspecified atom stereocenters. The maximum atomic E-state index is 10.3. The molecule has 0 aromatic carbocycles.